The van der Waals surface area contributed by atoms with Crippen molar-refractivity contribution < 1.29 is 4.79 Å². The second kappa shape index (κ2) is 4.97. The van der Waals surface area contributed by atoms with Gasteiger partial charge in [0.05, 0.1) is 10.4 Å². The zero-order valence-electron chi connectivity index (χ0n) is 10.4. The number of alkyl halides is 1. The zero-order chi connectivity index (χ0) is 12.6. The molecule has 0 bridgehead atoms. The minimum atomic E-state index is 0.00547. The van der Waals surface area contributed by atoms with E-state index in [0.717, 1.165) is 35.9 Å². The van der Waals surface area contributed by atoms with Crippen LogP contribution in [0.2, 0.25) is 0 Å². The van der Waals surface area contributed by atoms with Gasteiger partial charge in [-0.15, -0.1) is 11.3 Å². The first kappa shape index (κ1) is 12.7. The molecule has 1 fully saturated rings. The number of carbonyl (C=O) groups is 1. The molecule has 0 saturated heterocycles. The largest absolute Gasteiger partial charge is 0.345 e. The van der Waals surface area contributed by atoms with Gasteiger partial charge in [-0.05, 0) is 43.7 Å². The number of rotatable bonds is 3. The van der Waals surface area contributed by atoms with Crippen LogP contribution in [0.3, 0.4) is 0 Å². The minimum absolute atomic E-state index is 0.00547. The van der Waals surface area contributed by atoms with Crippen molar-refractivity contribution in [2.24, 2.45) is 0 Å². The second-order valence-corrected chi connectivity index (χ2v) is 7.19. The van der Waals surface area contributed by atoms with Crippen LogP contribution in [-0.2, 0) is 12.8 Å². The smallest absolute Gasteiger partial charge is 0.261 e. The van der Waals surface area contributed by atoms with E-state index in [1.54, 1.807) is 11.3 Å². The molecule has 18 heavy (non-hydrogen) atoms. The van der Waals surface area contributed by atoms with Gasteiger partial charge in [0, 0.05) is 10.2 Å². The molecule has 2 nitrogen and oxygen atoms in total. The van der Waals surface area contributed by atoms with E-state index < -0.39 is 0 Å². The summed E-state index contributed by atoms with van der Waals surface area (Å²) in [5, 5.41) is 4.14. The van der Waals surface area contributed by atoms with E-state index in [2.05, 4.69) is 27.3 Å². The van der Waals surface area contributed by atoms with Crippen LogP contribution >= 0.6 is 27.3 Å². The topological polar surface area (TPSA) is 29.1 Å². The Morgan fingerprint density at radius 1 is 1.33 bits per heavy atom. The van der Waals surface area contributed by atoms with Gasteiger partial charge >= 0.3 is 0 Å². The second-order valence-electron chi connectivity index (χ2n) is 5.49. The summed E-state index contributed by atoms with van der Waals surface area (Å²) >= 11 is 5.26. The lowest BCUT2D eigenvalue weighted by Gasteiger charge is -2.27. The van der Waals surface area contributed by atoms with E-state index in [9.17, 15) is 4.79 Å². The van der Waals surface area contributed by atoms with E-state index in [4.69, 9.17) is 0 Å². The van der Waals surface area contributed by atoms with Crippen molar-refractivity contribution in [2.75, 3.05) is 5.33 Å². The monoisotopic (exact) mass is 327 g/mol. The molecule has 1 aromatic rings. The molecule has 0 aliphatic heterocycles. The summed E-state index contributed by atoms with van der Waals surface area (Å²) in [5.74, 6) is 0.135. The number of thiophene rings is 1. The van der Waals surface area contributed by atoms with E-state index in [1.807, 2.05) is 0 Å². The Morgan fingerprint density at radius 3 is 2.78 bits per heavy atom. The van der Waals surface area contributed by atoms with E-state index in [1.165, 1.54) is 29.7 Å². The maximum absolute atomic E-state index is 12.3. The molecule has 0 unspecified atom stereocenters. The van der Waals surface area contributed by atoms with Crippen molar-refractivity contribution in [3.05, 3.63) is 21.4 Å². The molecular weight excluding hydrogens is 310 g/mol. The van der Waals surface area contributed by atoms with Crippen LogP contribution in [0.5, 0.6) is 0 Å². The summed E-state index contributed by atoms with van der Waals surface area (Å²) in [5.41, 5.74) is 1.41. The van der Waals surface area contributed by atoms with Crippen LogP contribution in [0.15, 0.2) is 6.07 Å². The lowest BCUT2D eigenvalue weighted by molar-refractivity contribution is 0.0914. The fourth-order valence-corrected chi connectivity index (χ4v) is 4.94. The molecule has 1 N–H and O–H groups in total. The standard InChI is InChI=1S/C14H18BrNOS/c15-9-14(6-1-2-7-14)16-13(17)12-8-10-4-3-5-11(10)18-12/h8H,1-7,9H2,(H,16,17). The van der Waals surface area contributed by atoms with Crippen LogP contribution in [0.25, 0.3) is 0 Å². The maximum Gasteiger partial charge on any atom is 0.261 e. The molecule has 1 aromatic heterocycles. The average Bonchev–Trinajstić information content (AvgIpc) is 3.03. The molecule has 0 radical (unpaired) electrons. The first-order chi connectivity index (χ1) is 8.72. The maximum atomic E-state index is 12.3. The number of hydrogen-bond acceptors (Lipinski definition) is 2. The van der Waals surface area contributed by atoms with Gasteiger partial charge in [0.1, 0.15) is 0 Å². The number of halogens is 1. The third kappa shape index (κ3) is 2.25. The van der Waals surface area contributed by atoms with Crippen molar-refractivity contribution in [1.29, 1.82) is 0 Å². The predicted molar refractivity (Wildman–Crippen MR) is 78.8 cm³/mol. The number of aryl methyl sites for hydroxylation is 2. The molecule has 2 aliphatic rings. The molecule has 1 heterocycles. The van der Waals surface area contributed by atoms with Crippen LogP contribution < -0.4 is 5.32 Å². The SMILES string of the molecule is O=C(NC1(CBr)CCCC1)c1cc2c(s1)CCC2. The first-order valence-electron chi connectivity index (χ1n) is 6.72. The molecule has 4 heteroatoms. The third-order valence-electron chi connectivity index (χ3n) is 4.17. The molecule has 0 aromatic carbocycles. The summed E-state index contributed by atoms with van der Waals surface area (Å²) in [7, 11) is 0. The number of hydrogen-bond donors (Lipinski definition) is 1. The summed E-state index contributed by atoms with van der Waals surface area (Å²) < 4.78 is 0. The molecule has 2 aliphatic carbocycles. The third-order valence-corrected chi connectivity index (χ3v) is 6.47. The number of fused-ring (bicyclic) bond motifs is 1. The van der Waals surface area contributed by atoms with E-state index in [-0.39, 0.29) is 11.4 Å². The van der Waals surface area contributed by atoms with Gasteiger partial charge in [-0.2, -0.15) is 0 Å². The number of carbonyl (C=O) groups excluding carboxylic acids is 1. The Kier molecular flexibility index (Phi) is 3.50. The van der Waals surface area contributed by atoms with Crippen LogP contribution in [0, 0.1) is 0 Å². The average molecular weight is 328 g/mol. The van der Waals surface area contributed by atoms with Gasteiger partial charge < -0.3 is 5.32 Å². The molecule has 1 saturated carbocycles. The highest BCUT2D eigenvalue weighted by molar-refractivity contribution is 9.09. The van der Waals surface area contributed by atoms with Crippen LogP contribution in [0.4, 0.5) is 0 Å². The Bertz CT molecular complexity index is 441. The molecule has 1 amide bonds. The Labute approximate surface area is 120 Å². The van der Waals surface area contributed by atoms with Crippen molar-refractivity contribution >= 4 is 33.2 Å². The van der Waals surface area contributed by atoms with Crippen molar-refractivity contribution in [3.63, 3.8) is 0 Å². The number of amides is 1. The molecule has 98 valence electrons. The van der Waals surface area contributed by atoms with Gasteiger partial charge in [0.25, 0.3) is 5.91 Å². The van der Waals surface area contributed by atoms with Crippen molar-refractivity contribution in [2.45, 2.75) is 50.5 Å². The van der Waals surface area contributed by atoms with E-state index >= 15 is 0 Å². The fraction of sp³-hybridized carbons (Fsp3) is 0.643. The van der Waals surface area contributed by atoms with E-state index in [0.29, 0.717) is 0 Å². The quantitative estimate of drug-likeness (QED) is 0.843. The highest BCUT2D eigenvalue weighted by Crippen LogP contribution is 2.34. The Morgan fingerprint density at radius 2 is 2.11 bits per heavy atom. The summed E-state index contributed by atoms with van der Waals surface area (Å²) in [6, 6.07) is 2.11. The Hall–Kier alpha value is -0.350. The van der Waals surface area contributed by atoms with Gasteiger partial charge in [-0.1, -0.05) is 28.8 Å². The van der Waals surface area contributed by atoms with Gasteiger partial charge in [-0.3, -0.25) is 4.79 Å². The summed E-state index contributed by atoms with van der Waals surface area (Å²) in [6.07, 6.45) is 8.25. The lowest BCUT2D eigenvalue weighted by Crippen LogP contribution is -2.47. The summed E-state index contributed by atoms with van der Waals surface area (Å²) in [6.45, 7) is 0. The fourth-order valence-electron chi connectivity index (χ4n) is 3.09. The normalized spacial score (nSPS) is 20.9. The van der Waals surface area contributed by atoms with Crippen molar-refractivity contribution in [1.82, 2.24) is 5.32 Å². The minimum Gasteiger partial charge on any atom is -0.345 e. The molecule has 0 atom stereocenters. The molecule has 0 spiro atoms. The Balaban J connectivity index is 1.74. The van der Waals surface area contributed by atoms with Gasteiger partial charge in [0.15, 0.2) is 0 Å². The van der Waals surface area contributed by atoms with Gasteiger partial charge in [-0.25, -0.2) is 0 Å². The highest BCUT2D eigenvalue weighted by atomic mass is 79.9. The highest BCUT2D eigenvalue weighted by Gasteiger charge is 2.35. The summed E-state index contributed by atoms with van der Waals surface area (Å²) in [4.78, 5) is 14.7. The molecular formula is C14H18BrNOS. The number of nitrogens with one attached hydrogen (secondary N) is 1. The lowest BCUT2D eigenvalue weighted by atomic mass is 10.0. The van der Waals surface area contributed by atoms with Gasteiger partial charge in [0.2, 0.25) is 0 Å². The zero-order valence-corrected chi connectivity index (χ0v) is 12.8. The predicted octanol–water partition coefficient (Wildman–Crippen LogP) is 3.67. The van der Waals surface area contributed by atoms with Crippen molar-refractivity contribution in [3.8, 4) is 0 Å². The first-order valence-corrected chi connectivity index (χ1v) is 8.66. The van der Waals surface area contributed by atoms with Crippen LogP contribution in [0.1, 0.15) is 52.2 Å². The molecule has 3 rings (SSSR count). The van der Waals surface area contributed by atoms with Crippen LogP contribution in [-0.4, -0.2) is 16.8 Å².